The van der Waals surface area contributed by atoms with Crippen LogP contribution in [0, 0.1) is 0 Å². The molecule has 2 aromatic rings. The third kappa shape index (κ3) is 3.78. The van der Waals surface area contributed by atoms with Crippen LogP contribution in [0.15, 0.2) is 48.5 Å². The van der Waals surface area contributed by atoms with Gasteiger partial charge < -0.3 is 15.6 Å². The van der Waals surface area contributed by atoms with E-state index in [1.807, 2.05) is 12.1 Å². The third-order valence-electron chi connectivity index (χ3n) is 4.42. The van der Waals surface area contributed by atoms with E-state index in [4.69, 9.17) is 22.1 Å². The van der Waals surface area contributed by atoms with E-state index in [0.717, 1.165) is 16.7 Å². The topological polar surface area (TPSA) is 75.8 Å². The summed E-state index contributed by atoms with van der Waals surface area (Å²) in [4.78, 5) is 14.1. The zero-order valence-electron chi connectivity index (χ0n) is 14.5. The highest BCUT2D eigenvalue weighted by atomic mass is 35.5. The molecule has 2 aromatic carbocycles. The first-order valence-corrected chi connectivity index (χ1v) is 8.85. The average molecular weight is 373 g/mol. The van der Waals surface area contributed by atoms with Crippen molar-refractivity contribution >= 4 is 29.0 Å². The Morgan fingerprint density at radius 1 is 1.31 bits per heavy atom. The number of benzene rings is 2. The second kappa shape index (κ2) is 7.70. The highest BCUT2D eigenvalue weighted by molar-refractivity contribution is 6.30. The number of carbonyl (C=O) groups is 1. The van der Waals surface area contributed by atoms with E-state index in [1.54, 1.807) is 48.2 Å². The molecule has 0 bridgehead atoms. The van der Waals surface area contributed by atoms with Crippen molar-refractivity contribution in [3.05, 3.63) is 64.7 Å². The molecule has 3 N–H and O–H groups in total. The lowest BCUT2D eigenvalue weighted by Crippen LogP contribution is -2.37. The maximum atomic E-state index is 12.4. The summed E-state index contributed by atoms with van der Waals surface area (Å²) in [6.07, 6.45) is 2.30. The molecule has 1 aliphatic rings. The number of amides is 1. The summed E-state index contributed by atoms with van der Waals surface area (Å²) in [6, 6.07) is 11.9. The molecular weight excluding hydrogens is 352 g/mol. The summed E-state index contributed by atoms with van der Waals surface area (Å²) >= 11 is 6.13. The standard InChI is InChI=1S/C20H21ClN2O3/c1-2-26-20(25)23-10-9-14(17-12-15(21)5-8-18(17)22)11-19(23)13-3-6-16(24)7-4-13/h3-8,11-12,19,24H,2,9-10,22H2,1H3. The fourth-order valence-corrected chi connectivity index (χ4v) is 3.31. The maximum absolute atomic E-state index is 12.4. The van der Waals surface area contributed by atoms with Crippen LogP contribution in [0.25, 0.3) is 5.57 Å². The van der Waals surface area contributed by atoms with Gasteiger partial charge in [-0.15, -0.1) is 0 Å². The zero-order chi connectivity index (χ0) is 18.7. The van der Waals surface area contributed by atoms with Gasteiger partial charge in [0.05, 0.1) is 12.6 Å². The Bertz CT molecular complexity index is 833. The molecule has 0 fully saturated rings. The van der Waals surface area contributed by atoms with Crippen LogP contribution in [-0.2, 0) is 4.74 Å². The number of anilines is 1. The van der Waals surface area contributed by atoms with Crippen molar-refractivity contribution in [3.8, 4) is 5.75 Å². The molecule has 0 aliphatic carbocycles. The van der Waals surface area contributed by atoms with Gasteiger partial charge in [-0.05, 0) is 54.8 Å². The van der Waals surface area contributed by atoms with Crippen molar-refractivity contribution in [2.24, 2.45) is 0 Å². The third-order valence-corrected chi connectivity index (χ3v) is 4.65. The summed E-state index contributed by atoms with van der Waals surface area (Å²) < 4.78 is 5.20. The predicted molar refractivity (Wildman–Crippen MR) is 103 cm³/mol. The average Bonchev–Trinajstić information content (AvgIpc) is 2.64. The Hall–Kier alpha value is -2.66. The lowest BCUT2D eigenvalue weighted by atomic mass is 9.92. The molecule has 1 aliphatic heterocycles. The van der Waals surface area contributed by atoms with Gasteiger partial charge in [-0.25, -0.2) is 4.79 Å². The second-order valence-corrected chi connectivity index (χ2v) is 6.54. The van der Waals surface area contributed by atoms with Gasteiger partial charge in [-0.2, -0.15) is 0 Å². The molecule has 1 unspecified atom stereocenters. The SMILES string of the molecule is CCOC(=O)N1CCC(c2cc(Cl)ccc2N)=CC1c1ccc(O)cc1. The van der Waals surface area contributed by atoms with Gasteiger partial charge in [-0.3, -0.25) is 4.90 Å². The molecule has 0 aromatic heterocycles. The van der Waals surface area contributed by atoms with Crippen molar-refractivity contribution < 1.29 is 14.6 Å². The van der Waals surface area contributed by atoms with Crippen molar-refractivity contribution in [1.82, 2.24) is 4.90 Å². The number of nitrogen functional groups attached to an aromatic ring is 1. The number of aromatic hydroxyl groups is 1. The van der Waals surface area contributed by atoms with E-state index in [2.05, 4.69) is 0 Å². The highest BCUT2D eigenvalue weighted by Crippen LogP contribution is 2.37. The highest BCUT2D eigenvalue weighted by Gasteiger charge is 2.29. The van der Waals surface area contributed by atoms with Crippen LogP contribution in [0.1, 0.15) is 30.5 Å². The molecule has 0 spiro atoms. The van der Waals surface area contributed by atoms with Crippen molar-refractivity contribution in [1.29, 1.82) is 0 Å². The molecule has 6 heteroatoms. The smallest absolute Gasteiger partial charge is 0.410 e. The minimum Gasteiger partial charge on any atom is -0.508 e. The molecule has 1 atom stereocenters. The number of phenols is 1. The van der Waals surface area contributed by atoms with Crippen LogP contribution in [0.3, 0.4) is 0 Å². The van der Waals surface area contributed by atoms with Crippen molar-refractivity contribution in [2.45, 2.75) is 19.4 Å². The number of carbonyl (C=O) groups excluding carboxylic acids is 1. The number of nitrogens with two attached hydrogens (primary N) is 1. The zero-order valence-corrected chi connectivity index (χ0v) is 15.2. The van der Waals surface area contributed by atoms with Gasteiger partial charge in [0.2, 0.25) is 0 Å². The molecular formula is C20H21ClN2O3. The number of phenolic OH excluding ortho intramolecular Hbond substituents is 1. The van der Waals surface area contributed by atoms with Gasteiger partial charge in [0.25, 0.3) is 0 Å². The molecule has 1 heterocycles. The molecule has 0 saturated heterocycles. The van der Waals surface area contributed by atoms with Crippen molar-refractivity contribution in [3.63, 3.8) is 0 Å². The van der Waals surface area contributed by atoms with Crippen LogP contribution in [0.2, 0.25) is 5.02 Å². The maximum Gasteiger partial charge on any atom is 0.410 e. The second-order valence-electron chi connectivity index (χ2n) is 6.10. The van der Waals surface area contributed by atoms with Gasteiger partial charge >= 0.3 is 6.09 Å². The van der Waals surface area contributed by atoms with E-state index in [1.165, 1.54) is 0 Å². The predicted octanol–water partition coefficient (Wildman–Crippen LogP) is 4.61. The Morgan fingerprint density at radius 2 is 2.04 bits per heavy atom. The summed E-state index contributed by atoms with van der Waals surface area (Å²) in [7, 11) is 0. The lowest BCUT2D eigenvalue weighted by molar-refractivity contribution is 0.0968. The summed E-state index contributed by atoms with van der Waals surface area (Å²) in [5, 5.41) is 10.2. The Balaban J connectivity index is 2.03. The molecule has 0 radical (unpaired) electrons. The Labute approximate surface area is 157 Å². The first-order chi connectivity index (χ1) is 12.5. The number of rotatable bonds is 3. The van der Waals surface area contributed by atoms with Crippen LogP contribution in [0.5, 0.6) is 5.75 Å². The van der Waals surface area contributed by atoms with Crippen LogP contribution >= 0.6 is 11.6 Å². The molecule has 136 valence electrons. The molecule has 3 rings (SSSR count). The van der Waals surface area contributed by atoms with E-state index < -0.39 is 0 Å². The van der Waals surface area contributed by atoms with Gasteiger partial charge in [0.1, 0.15) is 5.75 Å². The minimum atomic E-state index is -0.361. The van der Waals surface area contributed by atoms with E-state index >= 15 is 0 Å². The van der Waals surface area contributed by atoms with Crippen LogP contribution in [-0.4, -0.2) is 29.3 Å². The molecule has 26 heavy (non-hydrogen) atoms. The van der Waals surface area contributed by atoms with Gasteiger partial charge in [0.15, 0.2) is 0 Å². The van der Waals surface area contributed by atoms with Crippen LogP contribution in [0.4, 0.5) is 10.5 Å². The first kappa shape index (κ1) is 18.1. The fourth-order valence-electron chi connectivity index (χ4n) is 3.13. The number of ether oxygens (including phenoxy) is 1. The summed E-state index contributed by atoms with van der Waals surface area (Å²) in [5.41, 5.74) is 9.57. The van der Waals surface area contributed by atoms with E-state index in [9.17, 15) is 9.90 Å². The van der Waals surface area contributed by atoms with Crippen LogP contribution < -0.4 is 5.73 Å². The minimum absolute atomic E-state index is 0.176. The lowest BCUT2D eigenvalue weighted by Gasteiger charge is -2.34. The molecule has 5 nitrogen and oxygen atoms in total. The monoisotopic (exact) mass is 372 g/mol. The van der Waals surface area contributed by atoms with E-state index in [-0.39, 0.29) is 17.9 Å². The number of hydrogen-bond acceptors (Lipinski definition) is 4. The van der Waals surface area contributed by atoms with E-state index in [0.29, 0.717) is 30.3 Å². The number of hydrogen-bond donors (Lipinski definition) is 2. The molecule has 0 saturated carbocycles. The quantitative estimate of drug-likeness (QED) is 0.771. The number of nitrogens with zero attached hydrogens (tertiary/aromatic N) is 1. The Kier molecular flexibility index (Phi) is 5.38. The van der Waals surface area contributed by atoms with Gasteiger partial charge in [-0.1, -0.05) is 29.8 Å². The largest absolute Gasteiger partial charge is 0.508 e. The van der Waals surface area contributed by atoms with Gasteiger partial charge in [0, 0.05) is 22.8 Å². The normalized spacial score (nSPS) is 16.9. The fraction of sp³-hybridized carbons (Fsp3) is 0.250. The number of halogens is 1. The van der Waals surface area contributed by atoms with Crippen molar-refractivity contribution in [2.75, 3.05) is 18.9 Å². The summed E-state index contributed by atoms with van der Waals surface area (Å²) in [5.74, 6) is 0.176. The molecule has 1 amide bonds. The Morgan fingerprint density at radius 3 is 2.73 bits per heavy atom. The first-order valence-electron chi connectivity index (χ1n) is 8.48. The summed E-state index contributed by atoms with van der Waals surface area (Å²) in [6.45, 7) is 2.60.